The summed E-state index contributed by atoms with van der Waals surface area (Å²) in [6.07, 6.45) is 4.36. The van der Waals surface area contributed by atoms with Gasteiger partial charge in [-0.15, -0.1) is 0 Å². The Morgan fingerprint density at radius 1 is 1.33 bits per heavy atom. The van der Waals surface area contributed by atoms with Crippen molar-refractivity contribution in [3.05, 3.63) is 42.1 Å². The molecule has 21 heavy (non-hydrogen) atoms. The van der Waals surface area contributed by atoms with Crippen LogP contribution in [0.15, 0.2) is 36.5 Å². The third-order valence-corrected chi connectivity index (χ3v) is 3.77. The minimum Gasteiger partial charge on any atom is -0.368 e. The predicted molar refractivity (Wildman–Crippen MR) is 79.5 cm³/mol. The van der Waals surface area contributed by atoms with Crippen LogP contribution in [0.2, 0.25) is 0 Å². The topological polar surface area (TPSA) is 85.1 Å². The minimum absolute atomic E-state index is 0.308. The van der Waals surface area contributed by atoms with Crippen molar-refractivity contribution in [3.8, 4) is 0 Å². The zero-order valence-corrected chi connectivity index (χ0v) is 11.6. The van der Waals surface area contributed by atoms with Gasteiger partial charge in [0.1, 0.15) is 6.04 Å². The molecule has 3 N–H and O–H groups in total. The number of hydrogen-bond acceptors (Lipinski definition) is 3. The number of carbonyl (C=O) groups excluding carboxylic acids is 2. The average molecular weight is 283 g/mol. The van der Waals surface area contributed by atoms with E-state index >= 15 is 0 Å². The van der Waals surface area contributed by atoms with Crippen LogP contribution >= 0.6 is 0 Å². The predicted octanol–water partition coefficient (Wildman–Crippen LogP) is 1.62. The molecule has 1 atom stereocenters. The van der Waals surface area contributed by atoms with E-state index in [4.69, 9.17) is 5.73 Å². The van der Waals surface area contributed by atoms with Crippen molar-refractivity contribution in [3.63, 3.8) is 0 Å². The number of nitrogens with zero attached hydrogens (tertiary/aromatic N) is 1. The molecule has 0 aliphatic heterocycles. The van der Waals surface area contributed by atoms with Crippen molar-refractivity contribution in [1.82, 2.24) is 10.3 Å². The number of nitrogens with two attached hydrogens (primary N) is 1. The Hall–Kier alpha value is -2.43. The Morgan fingerprint density at radius 2 is 2.10 bits per heavy atom. The standard InChI is InChI=1S/C16H17N3O2/c17-15(20)14(7-10-5-6-10)19-16(21)12-8-11-3-1-2-4-13(11)18-9-12/h1-4,8-10,14H,5-7H2,(H2,17,20)(H,19,21)/t14-/m0/s1. The minimum atomic E-state index is -0.600. The number of hydrogen-bond donors (Lipinski definition) is 2. The number of nitrogens with one attached hydrogen (secondary N) is 1. The molecule has 1 aliphatic rings. The van der Waals surface area contributed by atoms with Crippen LogP contribution in [-0.2, 0) is 4.79 Å². The summed E-state index contributed by atoms with van der Waals surface area (Å²) < 4.78 is 0. The molecule has 5 nitrogen and oxygen atoms in total. The van der Waals surface area contributed by atoms with Crippen LogP contribution in [0, 0.1) is 5.92 Å². The van der Waals surface area contributed by atoms with Gasteiger partial charge in [-0.3, -0.25) is 14.6 Å². The highest BCUT2D eigenvalue weighted by Crippen LogP contribution is 2.33. The van der Waals surface area contributed by atoms with Crippen LogP contribution < -0.4 is 11.1 Å². The van der Waals surface area contributed by atoms with Crippen LogP contribution in [0.4, 0.5) is 0 Å². The van der Waals surface area contributed by atoms with E-state index in [-0.39, 0.29) is 5.91 Å². The molecule has 2 amide bonds. The normalized spacial score (nSPS) is 15.6. The van der Waals surface area contributed by atoms with Gasteiger partial charge >= 0.3 is 0 Å². The number of rotatable bonds is 5. The molecule has 0 unspecified atom stereocenters. The van der Waals surface area contributed by atoms with Crippen molar-refractivity contribution < 1.29 is 9.59 Å². The SMILES string of the molecule is NC(=O)[C@H](CC1CC1)NC(=O)c1cnc2ccccc2c1. The Labute approximate surface area is 122 Å². The number of aromatic nitrogens is 1. The molecule has 108 valence electrons. The fraction of sp³-hybridized carbons (Fsp3) is 0.312. The van der Waals surface area contributed by atoms with E-state index in [0.717, 1.165) is 23.7 Å². The monoisotopic (exact) mass is 283 g/mol. The van der Waals surface area contributed by atoms with E-state index < -0.39 is 11.9 Å². The van der Waals surface area contributed by atoms with Gasteiger partial charge in [0.2, 0.25) is 5.91 Å². The Morgan fingerprint density at radius 3 is 2.81 bits per heavy atom. The molecule has 0 bridgehead atoms. The highest BCUT2D eigenvalue weighted by molar-refractivity contribution is 5.99. The van der Waals surface area contributed by atoms with Gasteiger partial charge in [-0.1, -0.05) is 31.0 Å². The van der Waals surface area contributed by atoms with Crippen molar-refractivity contribution in [2.75, 3.05) is 0 Å². The maximum atomic E-state index is 12.2. The number of pyridine rings is 1. The molecule has 1 aromatic heterocycles. The third kappa shape index (κ3) is 3.18. The summed E-state index contributed by atoms with van der Waals surface area (Å²) in [5.74, 6) is -0.278. The Kier molecular flexibility index (Phi) is 3.56. The maximum absolute atomic E-state index is 12.2. The highest BCUT2D eigenvalue weighted by atomic mass is 16.2. The second-order valence-electron chi connectivity index (χ2n) is 5.52. The first-order valence-electron chi connectivity index (χ1n) is 7.08. The molecule has 0 saturated heterocycles. The first-order valence-corrected chi connectivity index (χ1v) is 7.08. The number of carbonyl (C=O) groups is 2. The molecular weight excluding hydrogens is 266 g/mol. The van der Waals surface area contributed by atoms with Gasteiger partial charge < -0.3 is 11.1 Å². The molecule has 0 radical (unpaired) electrons. The van der Waals surface area contributed by atoms with Gasteiger partial charge in [-0.05, 0) is 24.5 Å². The fourth-order valence-corrected chi connectivity index (χ4v) is 2.37. The summed E-state index contributed by atoms with van der Waals surface area (Å²) in [4.78, 5) is 27.9. The zero-order chi connectivity index (χ0) is 14.8. The molecular formula is C16H17N3O2. The summed E-state index contributed by atoms with van der Waals surface area (Å²) in [7, 11) is 0. The van der Waals surface area contributed by atoms with E-state index in [1.165, 1.54) is 6.20 Å². The number of benzene rings is 1. The number of primary amides is 1. The second-order valence-corrected chi connectivity index (χ2v) is 5.52. The molecule has 3 rings (SSSR count). The number of para-hydroxylation sites is 1. The van der Waals surface area contributed by atoms with Crippen molar-refractivity contribution in [1.29, 1.82) is 0 Å². The van der Waals surface area contributed by atoms with Crippen molar-refractivity contribution in [2.45, 2.75) is 25.3 Å². The van der Waals surface area contributed by atoms with E-state index in [1.807, 2.05) is 24.3 Å². The van der Waals surface area contributed by atoms with Gasteiger partial charge in [0.25, 0.3) is 5.91 Å². The smallest absolute Gasteiger partial charge is 0.253 e. The lowest BCUT2D eigenvalue weighted by atomic mass is 10.1. The summed E-state index contributed by atoms with van der Waals surface area (Å²) in [5.41, 5.74) is 6.63. The van der Waals surface area contributed by atoms with Gasteiger partial charge in [-0.2, -0.15) is 0 Å². The molecule has 1 fully saturated rings. The summed E-state index contributed by atoms with van der Waals surface area (Å²) in [5, 5.41) is 3.61. The van der Waals surface area contributed by atoms with E-state index in [2.05, 4.69) is 10.3 Å². The first kappa shape index (κ1) is 13.5. The Balaban J connectivity index is 1.77. The van der Waals surface area contributed by atoms with E-state index in [0.29, 0.717) is 17.9 Å². The molecule has 1 saturated carbocycles. The molecule has 1 aromatic carbocycles. The van der Waals surface area contributed by atoms with Crippen LogP contribution in [-0.4, -0.2) is 22.8 Å². The van der Waals surface area contributed by atoms with Gasteiger partial charge in [0.05, 0.1) is 11.1 Å². The quantitative estimate of drug-likeness (QED) is 0.874. The zero-order valence-electron chi connectivity index (χ0n) is 11.6. The van der Waals surface area contributed by atoms with E-state index in [9.17, 15) is 9.59 Å². The largest absolute Gasteiger partial charge is 0.368 e. The highest BCUT2D eigenvalue weighted by Gasteiger charge is 2.29. The number of amides is 2. The fourth-order valence-electron chi connectivity index (χ4n) is 2.37. The lowest BCUT2D eigenvalue weighted by Gasteiger charge is -2.15. The van der Waals surface area contributed by atoms with Crippen LogP contribution in [0.3, 0.4) is 0 Å². The molecule has 1 aliphatic carbocycles. The van der Waals surface area contributed by atoms with Gasteiger partial charge in [0, 0.05) is 11.6 Å². The van der Waals surface area contributed by atoms with Crippen LogP contribution in [0.1, 0.15) is 29.6 Å². The van der Waals surface area contributed by atoms with Crippen LogP contribution in [0.25, 0.3) is 10.9 Å². The molecule has 5 heteroatoms. The molecule has 0 spiro atoms. The van der Waals surface area contributed by atoms with Crippen molar-refractivity contribution >= 4 is 22.7 Å². The lowest BCUT2D eigenvalue weighted by molar-refractivity contribution is -0.120. The number of fused-ring (bicyclic) bond motifs is 1. The lowest BCUT2D eigenvalue weighted by Crippen LogP contribution is -2.44. The van der Waals surface area contributed by atoms with Gasteiger partial charge in [0.15, 0.2) is 0 Å². The molecule has 1 heterocycles. The maximum Gasteiger partial charge on any atom is 0.253 e. The second kappa shape index (κ2) is 5.52. The Bertz CT molecular complexity index is 695. The summed E-state index contributed by atoms with van der Waals surface area (Å²) in [6.45, 7) is 0. The summed E-state index contributed by atoms with van der Waals surface area (Å²) >= 11 is 0. The average Bonchev–Trinajstić information content (AvgIpc) is 3.30. The van der Waals surface area contributed by atoms with Gasteiger partial charge in [-0.25, -0.2) is 0 Å². The van der Waals surface area contributed by atoms with E-state index in [1.54, 1.807) is 6.07 Å². The first-order chi connectivity index (χ1) is 10.1. The third-order valence-electron chi connectivity index (χ3n) is 3.77. The van der Waals surface area contributed by atoms with Crippen molar-refractivity contribution in [2.24, 2.45) is 11.7 Å². The summed E-state index contributed by atoms with van der Waals surface area (Å²) in [6, 6.07) is 8.74. The molecule has 2 aromatic rings. The van der Waals surface area contributed by atoms with Crippen LogP contribution in [0.5, 0.6) is 0 Å².